The van der Waals surface area contributed by atoms with Gasteiger partial charge in [-0.3, -0.25) is 0 Å². The van der Waals surface area contributed by atoms with Gasteiger partial charge in [0.05, 0.1) is 4.75 Å². The molecule has 0 bridgehead atoms. The van der Waals surface area contributed by atoms with Gasteiger partial charge in [0.15, 0.2) is 9.84 Å². The number of hydrogen-bond donors (Lipinski definition) is 1. The fraction of sp³-hybridized carbons (Fsp3) is 0.600. The van der Waals surface area contributed by atoms with E-state index in [0.717, 1.165) is 23.0 Å². The van der Waals surface area contributed by atoms with E-state index < -0.39 is 14.6 Å². The van der Waals surface area contributed by atoms with E-state index in [4.69, 9.17) is 0 Å². The van der Waals surface area contributed by atoms with Gasteiger partial charge in [-0.25, -0.2) is 8.42 Å². The molecule has 1 aromatic rings. The minimum absolute atomic E-state index is 0.0985. The van der Waals surface area contributed by atoms with Gasteiger partial charge in [-0.05, 0) is 50.9 Å². The second kappa shape index (κ2) is 7.05. The number of rotatable bonds is 7. The van der Waals surface area contributed by atoms with Gasteiger partial charge >= 0.3 is 0 Å². The molecule has 0 aliphatic heterocycles. The Hall–Kier alpha value is -0.390. The van der Waals surface area contributed by atoms with Crippen LogP contribution in [0, 0.1) is 0 Å². The lowest BCUT2D eigenvalue weighted by molar-refractivity contribution is 0.406. The van der Waals surface area contributed by atoms with E-state index in [9.17, 15) is 8.42 Å². The molecule has 0 saturated carbocycles. The lowest BCUT2D eigenvalue weighted by Crippen LogP contribution is -2.52. The number of sulfone groups is 1. The van der Waals surface area contributed by atoms with Crippen LogP contribution >= 0.6 is 15.9 Å². The number of benzene rings is 1. The maximum absolute atomic E-state index is 12.1. The SMILES string of the molecule is CCCNC(Cc1ccc(Br)cc1)C(C)(C)S(C)(=O)=O. The maximum atomic E-state index is 12.1. The van der Waals surface area contributed by atoms with Crippen LogP contribution in [-0.2, 0) is 16.3 Å². The average molecular weight is 362 g/mol. The Morgan fingerprint density at radius 1 is 1.25 bits per heavy atom. The molecule has 0 aliphatic rings. The first-order valence-electron chi connectivity index (χ1n) is 6.86. The van der Waals surface area contributed by atoms with Crippen LogP contribution in [0.15, 0.2) is 28.7 Å². The third-order valence-electron chi connectivity index (χ3n) is 3.79. The highest BCUT2D eigenvalue weighted by Gasteiger charge is 2.38. The zero-order valence-corrected chi connectivity index (χ0v) is 15.0. The normalized spacial score (nSPS) is 14.2. The molecule has 0 heterocycles. The topological polar surface area (TPSA) is 46.2 Å². The molecule has 1 atom stereocenters. The van der Waals surface area contributed by atoms with Crippen molar-refractivity contribution in [2.75, 3.05) is 12.8 Å². The van der Waals surface area contributed by atoms with Gasteiger partial charge in [0.2, 0.25) is 0 Å². The smallest absolute Gasteiger partial charge is 0.154 e. The lowest BCUT2D eigenvalue weighted by atomic mass is 9.95. The standard InChI is InChI=1S/C15H24BrNO2S/c1-5-10-17-14(15(2,3)20(4,18)19)11-12-6-8-13(16)9-7-12/h6-9,14,17H,5,10-11H2,1-4H3. The summed E-state index contributed by atoms with van der Waals surface area (Å²) < 4.78 is 24.3. The molecule has 0 aromatic heterocycles. The van der Waals surface area contributed by atoms with Gasteiger partial charge in [-0.15, -0.1) is 0 Å². The number of halogens is 1. The second-order valence-electron chi connectivity index (χ2n) is 5.71. The van der Waals surface area contributed by atoms with Crippen molar-refractivity contribution in [1.29, 1.82) is 0 Å². The van der Waals surface area contributed by atoms with Crippen molar-refractivity contribution < 1.29 is 8.42 Å². The Labute approximate surface area is 131 Å². The molecular weight excluding hydrogens is 338 g/mol. The zero-order chi connectivity index (χ0) is 15.4. The van der Waals surface area contributed by atoms with Crippen LogP contribution in [0.1, 0.15) is 32.8 Å². The molecule has 0 fully saturated rings. The fourth-order valence-corrected chi connectivity index (χ4v) is 2.94. The maximum Gasteiger partial charge on any atom is 0.154 e. The predicted octanol–water partition coefficient (Wildman–Crippen LogP) is 3.18. The number of hydrogen-bond acceptors (Lipinski definition) is 3. The summed E-state index contributed by atoms with van der Waals surface area (Å²) in [5.74, 6) is 0. The van der Waals surface area contributed by atoms with Gasteiger partial charge in [-0.2, -0.15) is 0 Å². The van der Waals surface area contributed by atoms with Gasteiger partial charge in [0.25, 0.3) is 0 Å². The van der Waals surface area contributed by atoms with E-state index in [1.807, 2.05) is 24.3 Å². The van der Waals surface area contributed by atoms with Gasteiger partial charge in [0.1, 0.15) is 0 Å². The average Bonchev–Trinajstić information content (AvgIpc) is 2.35. The molecule has 5 heteroatoms. The highest BCUT2D eigenvalue weighted by Crippen LogP contribution is 2.24. The third kappa shape index (κ3) is 4.57. The van der Waals surface area contributed by atoms with Gasteiger partial charge in [0, 0.05) is 16.8 Å². The Bertz CT molecular complexity index is 523. The van der Waals surface area contributed by atoms with Crippen molar-refractivity contribution in [1.82, 2.24) is 5.32 Å². The number of nitrogens with one attached hydrogen (secondary N) is 1. The lowest BCUT2D eigenvalue weighted by Gasteiger charge is -2.33. The van der Waals surface area contributed by atoms with Crippen LogP contribution in [0.3, 0.4) is 0 Å². The first-order chi connectivity index (χ1) is 9.18. The third-order valence-corrected chi connectivity index (χ3v) is 6.51. The van der Waals surface area contributed by atoms with E-state index in [2.05, 4.69) is 28.2 Å². The van der Waals surface area contributed by atoms with Crippen molar-refractivity contribution in [3.63, 3.8) is 0 Å². The zero-order valence-electron chi connectivity index (χ0n) is 12.6. The Morgan fingerprint density at radius 2 is 1.80 bits per heavy atom. The molecule has 114 valence electrons. The molecule has 3 nitrogen and oxygen atoms in total. The monoisotopic (exact) mass is 361 g/mol. The summed E-state index contributed by atoms with van der Waals surface area (Å²) in [4.78, 5) is 0. The van der Waals surface area contributed by atoms with Crippen molar-refractivity contribution in [2.45, 2.75) is 44.4 Å². The molecule has 0 spiro atoms. The van der Waals surface area contributed by atoms with Crippen LogP contribution in [-0.4, -0.2) is 32.0 Å². The molecule has 0 saturated heterocycles. The molecule has 0 radical (unpaired) electrons. The highest BCUT2D eigenvalue weighted by atomic mass is 79.9. The van der Waals surface area contributed by atoms with Crippen LogP contribution in [0.25, 0.3) is 0 Å². The second-order valence-corrected chi connectivity index (χ2v) is 9.23. The molecule has 20 heavy (non-hydrogen) atoms. The summed E-state index contributed by atoms with van der Waals surface area (Å²) in [6.07, 6.45) is 3.00. The van der Waals surface area contributed by atoms with Gasteiger partial charge < -0.3 is 5.32 Å². The van der Waals surface area contributed by atoms with Crippen molar-refractivity contribution in [3.8, 4) is 0 Å². The van der Waals surface area contributed by atoms with Crippen molar-refractivity contribution in [2.24, 2.45) is 0 Å². The van der Waals surface area contributed by atoms with Gasteiger partial charge in [-0.1, -0.05) is 35.0 Å². The Kier molecular flexibility index (Phi) is 6.23. The summed E-state index contributed by atoms with van der Waals surface area (Å²) in [7, 11) is -3.13. The summed E-state index contributed by atoms with van der Waals surface area (Å²) >= 11 is 3.41. The van der Waals surface area contributed by atoms with E-state index >= 15 is 0 Å². The Morgan fingerprint density at radius 3 is 2.25 bits per heavy atom. The molecule has 1 rings (SSSR count). The molecule has 0 amide bonds. The van der Waals surface area contributed by atoms with Crippen LogP contribution in [0.5, 0.6) is 0 Å². The van der Waals surface area contributed by atoms with Crippen LogP contribution in [0.4, 0.5) is 0 Å². The summed E-state index contributed by atoms with van der Waals surface area (Å²) in [5, 5.41) is 3.39. The Balaban J connectivity index is 2.98. The van der Waals surface area contributed by atoms with E-state index in [-0.39, 0.29) is 6.04 Å². The van der Waals surface area contributed by atoms with Crippen molar-refractivity contribution >= 4 is 25.8 Å². The summed E-state index contributed by atoms with van der Waals surface area (Å²) in [6, 6.07) is 7.93. The van der Waals surface area contributed by atoms with Crippen LogP contribution in [0.2, 0.25) is 0 Å². The first-order valence-corrected chi connectivity index (χ1v) is 9.54. The predicted molar refractivity (Wildman–Crippen MR) is 88.9 cm³/mol. The minimum atomic E-state index is -3.13. The quantitative estimate of drug-likeness (QED) is 0.810. The molecule has 1 unspecified atom stereocenters. The van der Waals surface area contributed by atoms with Crippen LogP contribution < -0.4 is 5.32 Å². The van der Waals surface area contributed by atoms with E-state index in [1.54, 1.807) is 13.8 Å². The molecule has 1 N–H and O–H groups in total. The first kappa shape index (κ1) is 17.7. The largest absolute Gasteiger partial charge is 0.312 e. The van der Waals surface area contributed by atoms with E-state index in [0.29, 0.717) is 6.42 Å². The minimum Gasteiger partial charge on any atom is -0.312 e. The van der Waals surface area contributed by atoms with E-state index in [1.165, 1.54) is 6.26 Å². The molecular formula is C15H24BrNO2S. The van der Waals surface area contributed by atoms with Crippen molar-refractivity contribution in [3.05, 3.63) is 34.3 Å². The molecule has 1 aromatic carbocycles. The highest BCUT2D eigenvalue weighted by molar-refractivity contribution is 9.10. The molecule has 0 aliphatic carbocycles. The fourth-order valence-electron chi connectivity index (χ4n) is 2.00. The summed E-state index contributed by atoms with van der Waals surface area (Å²) in [6.45, 7) is 6.50. The summed E-state index contributed by atoms with van der Waals surface area (Å²) in [5.41, 5.74) is 1.14.